The Morgan fingerprint density at radius 2 is 2.09 bits per heavy atom. The highest BCUT2D eigenvalue weighted by Gasteiger charge is 2.43. The van der Waals surface area contributed by atoms with Crippen LogP contribution in [0, 0.1) is 23.1 Å². The number of fused-ring (bicyclic) bond motifs is 2. The monoisotopic (exact) mass is 457 g/mol. The lowest BCUT2D eigenvalue weighted by atomic mass is 9.98. The number of piperazine rings is 1. The van der Waals surface area contributed by atoms with Crippen LogP contribution in [0.25, 0.3) is 0 Å². The van der Waals surface area contributed by atoms with E-state index in [0.717, 1.165) is 44.6 Å². The lowest BCUT2D eigenvalue weighted by molar-refractivity contribution is -0.124. The second-order valence-corrected chi connectivity index (χ2v) is 9.92. The maximum Gasteiger partial charge on any atom is 0.238 e. The summed E-state index contributed by atoms with van der Waals surface area (Å²) < 4.78 is 20.2. The van der Waals surface area contributed by atoms with Crippen LogP contribution in [0.2, 0.25) is 0 Å². The van der Waals surface area contributed by atoms with Crippen molar-refractivity contribution in [3.05, 3.63) is 29.6 Å². The van der Waals surface area contributed by atoms with Crippen molar-refractivity contribution in [2.24, 2.45) is 5.92 Å². The Bertz CT molecular complexity index is 878. The average molecular weight is 458 g/mol. The normalized spacial score (nSPS) is 30.3. The van der Waals surface area contributed by atoms with Gasteiger partial charge in [0, 0.05) is 57.0 Å². The summed E-state index contributed by atoms with van der Waals surface area (Å²) >= 11 is 0. The number of nitrogens with one attached hydrogen (secondary N) is 2. The van der Waals surface area contributed by atoms with Gasteiger partial charge in [-0.25, -0.2) is 4.39 Å². The molecular weight excluding hydrogens is 421 g/mol. The van der Waals surface area contributed by atoms with Gasteiger partial charge in [-0.05, 0) is 56.7 Å². The van der Waals surface area contributed by atoms with E-state index in [1.54, 1.807) is 19.2 Å². The van der Waals surface area contributed by atoms with Crippen LogP contribution < -0.4 is 15.5 Å². The molecule has 6 atom stereocenters. The lowest BCUT2D eigenvalue weighted by Gasteiger charge is -2.45. The Balaban J connectivity index is 1.36. The molecule has 1 aromatic carbocycles. The first kappa shape index (κ1) is 23.9. The van der Waals surface area contributed by atoms with Crippen molar-refractivity contribution in [1.29, 1.82) is 5.26 Å². The number of hydrogen-bond acceptors (Lipinski definition) is 6. The zero-order valence-corrected chi connectivity index (χ0v) is 19.9. The summed E-state index contributed by atoms with van der Waals surface area (Å²) in [6.07, 6.45) is 3.37. The number of amides is 1. The third-order valence-corrected chi connectivity index (χ3v) is 7.60. The molecule has 2 saturated heterocycles. The van der Waals surface area contributed by atoms with Crippen LogP contribution >= 0.6 is 0 Å². The topological polar surface area (TPSA) is 80.6 Å². The van der Waals surface area contributed by atoms with E-state index in [4.69, 9.17) is 4.74 Å². The van der Waals surface area contributed by atoms with Gasteiger partial charge in [0.15, 0.2) is 0 Å². The van der Waals surface area contributed by atoms with Crippen molar-refractivity contribution in [2.45, 2.75) is 69.7 Å². The minimum absolute atomic E-state index is 0.139. The molecule has 2 aliphatic heterocycles. The van der Waals surface area contributed by atoms with Crippen LogP contribution in [0.5, 0.6) is 0 Å². The van der Waals surface area contributed by atoms with Crippen molar-refractivity contribution in [1.82, 2.24) is 15.5 Å². The molecule has 8 heteroatoms. The van der Waals surface area contributed by atoms with Gasteiger partial charge in [-0.1, -0.05) is 6.07 Å². The Kier molecular flexibility index (Phi) is 7.52. The third kappa shape index (κ3) is 5.32. The fourth-order valence-corrected chi connectivity index (χ4v) is 5.86. The smallest absolute Gasteiger partial charge is 0.238 e. The number of ether oxygens (including phenoxy) is 1. The third-order valence-electron chi connectivity index (χ3n) is 7.60. The van der Waals surface area contributed by atoms with E-state index in [1.165, 1.54) is 0 Å². The van der Waals surface area contributed by atoms with Crippen molar-refractivity contribution < 1.29 is 13.9 Å². The lowest BCUT2D eigenvalue weighted by Crippen LogP contribution is -2.57. The molecule has 1 amide bonds. The number of carbonyl (C=O) groups excluding carboxylic acids is 1. The standard InChI is InChI=1S/C25H36FN5O2/c1-16-14-30(15-17(2)31(16)8-9-33-3)22-7-5-18(23(26)12-22)10-21(13-27)29-25(32)24-19-4-6-20(11-19)28-24/h5,7,12,16-17,19-21,24,28H,4,6,8-11,14-15H2,1-3H3,(H,29,32)/t16?,17?,19-,20+,21-,24-/m0/s1. The first-order chi connectivity index (χ1) is 15.9. The zero-order valence-electron chi connectivity index (χ0n) is 19.9. The highest BCUT2D eigenvalue weighted by atomic mass is 19.1. The second-order valence-electron chi connectivity index (χ2n) is 9.92. The Morgan fingerprint density at radius 3 is 2.67 bits per heavy atom. The molecule has 3 aliphatic rings. The quantitative estimate of drug-likeness (QED) is 0.622. The number of piperidine rings is 1. The van der Waals surface area contributed by atoms with Crippen molar-refractivity contribution in [3.8, 4) is 6.07 Å². The predicted octanol–water partition coefficient (Wildman–Crippen LogP) is 2.06. The first-order valence-corrected chi connectivity index (χ1v) is 12.1. The second kappa shape index (κ2) is 10.4. The summed E-state index contributed by atoms with van der Waals surface area (Å²) in [5.74, 6) is -0.118. The Morgan fingerprint density at radius 1 is 1.33 bits per heavy atom. The number of rotatable bonds is 8. The molecule has 1 aromatic rings. The van der Waals surface area contributed by atoms with E-state index in [1.807, 2.05) is 6.07 Å². The molecule has 2 unspecified atom stereocenters. The van der Waals surface area contributed by atoms with Gasteiger partial charge < -0.3 is 20.3 Å². The molecule has 2 bridgehead atoms. The van der Waals surface area contributed by atoms with E-state index < -0.39 is 6.04 Å². The molecule has 2 N–H and O–H groups in total. The SMILES string of the molecule is COCCN1C(C)CN(c2ccc(C[C@@H](C#N)NC(=O)[C@H]3N[C@@H]4CC[C@H]3C4)c(F)c2)CC1C. The van der Waals surface area contributed by atoms with E-state index >= 15 is 4.39 Å². The molecule has 3 fully saturated rings. The minimum Gasteiger partial charge on any atom is -0.383 e. The van der Waals surface area contributed by atoms with Gasteiger partial charge in [-0.15, -0.1) is 0 Å². The van der Waals surface area contributed by atoms with E-state index in [9.17, 15) is 10.1 Å². The highest BCUT2D eigenvalue weighted by molar-refractivity contribution is 5.83. The van der Waals surface area contributed by atoms with Crippen molar-refractivity contribution in [2.75, 3.05) is 38.3 Å². The molecule has 0 spiro atoms. The number of carbonyl (C=O) groups is 1. The van der Waals surface area contributed by atoms with Gasteiger partial charge >= 0.3 is 0 Å². The van der Waals surface area contributed by atoms with Gasteiger partial charge in [-0.2, -0.15) is 5.26 Å². The van der Waals surface area contributed by atoms with Crippen molar-refractivity contribution >= 4 is 11.6 Å². The number of methoxy groups -OCH3 is 1. The highest BCUT2D eigenvalue weighted by Crippen LogP contribution is 2.35. The number of anilines is 1. The molecule has 0 aromatic heterocycles. The Hall–Kier alpha value is -2.21. The fourth-order valence-electron chi connectivity index (χ4n) is 5.86. The molecular formula is C25H36FN5O2. The summed E-state index contributed by atoms with van der Waals surface area (Å²) in [6.45, 7) is 7.61. The average Bonchev–Trinajstić information content (AvgIpc) is 3.43. The predicted molar refractivity (Wildman–Crippen MR) is 125 cm³/mol. The van der Waals surface area contributed by atoms with E-state index in [2.05, 4.69) is 40.4 Å². The maximum atomic E-state index is 15.0. The van der Waals surface area contributed by atoms with Crippen LogP contribution in [0.15, 0.2) is 18.2 Å². The van der Waals surface area contributed by atoms with Crippen LogP contribution in [-0.4, -0.2) is 74.4 Å². The van der Waals surface area contributed by atoms with Crippen LogP contribution in [0.1, 0.15) is 38.7 Å². The summed E-state index contributed by atoms with van der Waals surface area (Å²) in [5, 5.41) is 15.7. The summed E-state index contributed by atoms with van der Waals surface area (Å²) in [6, 6.07) is 7.50. The number of nitriles is 1. The van der Waals surface area contributed by atoms with Crippen LogP contribution in [-0.2, 0) is 16.0 Å². The van der Waals surface area contributed by atoms with Crippen molar-refractivity contribution in [3.63, 3.8) is 0 Å². The first-order valence-electron chi connectivity index (χ1n) is 12.1. The van der Waals surface area contributed by atoms with E-state index in [-0.39, 0.29) is 24.2 Å². The summed E-state index contributed by atoms with van der Waals surface area (Å²) in [4.78, 5) is 17.3. The number of halogens is 1. The van der Waals surface area contributed by atoms with Gasteiger partial charge in [-0.3, -0.25) is 9.69 Å². The van der Waals surface area contributed by atoms with Crippen LogP contribution in [0.4, 0.5) is 10.1 Å². The molecule has 7 nitrogen and oxygen atoms in total. The summed E-state index contributed by atoms with van der Waals surface area (Å²) in [7, 11) is 1.72. The number of nitrogens with zero attached hydrogens (tertiary/aromatic N) is 3. The Labute approximate surface area is 196 Å². The molecule has 33 heavy (non-hydrogen) atoms. The van der Waals surface area contributed by atoms with Crippen LogP contribution in [0.3, 0.4) is 0 Å². The molecule has 0 radical (unpaired) electrons. The largest absolute Gasteiger partial charge is 0.383 e. The minimum atomic E-state index is -0.747. The van der Waals surface area contributed by atoms with Gasteiger partial charge in [0.05, 0.1) is 18.7 Å². The molecule has 2 heterocycles. The van der Waals surface area contributed by atoms with Gasteiger partial charge in [0.2, 0.25) is 5.91 Å². The fraction of sp³-hybridized carbons (Fsp3) is 0.680. The maximum absolute atomic E-state index is 15.0. The van der Waals surface area contributed by atoms with E-state index in [0.29, 0.717) is 36.2 Å². The number of hydrogen-bond donors (Lipinski definition) is 2. The molecule has 180 valence electrons. The van der Waals surface area contributed by atoms with Gasteiger partial charge in [0.1, 0.15) is 11.9 Å². The molecule has 1 saturated carbocycles. The molecule has 4 rings (SSSR count). The molecule has 1 aliphatic carbocycles. The van der Waals surface area contributed by atoms with Gasteiger partial charge in [0.25, 0.3) is 0 Å². The summed E-state index contributed by atoms with van der Waals surface area (Å²) in [5.41, 5.74) is 1.30. The number of benzene rings is 1. The zero-order chi connectivity index (χ0) is 23.5.